The van der Waals surface area contributed by atoms with Crippen molar-refractivity contribution in [2.75, 3.05) is 11.4 Å². The van der Waals surface area contributed by atoms with E-state index in [4.69, 9.17) is 4.42 Å². The number of anilines is 1. The first kappa shape index (κ1) is 23.7. The molecule has 0 aliphatic heterocycles. The van der Waals surface area contributed by atoms with Crippen LogP contribution in [0.25, 0.3) is 0 Å². The average Bonchev–Trinajstić information content (AvgIpc) is 3.59. The summed E-state index contributed by atoms with van der Waals surface area (Å²) in [7, 11) is 0. The monoisotopic (exact) mass is 483 g/mol. The highest BCUT2D eigenvalue weighted by molar-refractivity contribution is 7.12. The molecule has 2 heterocycles. The minimum atomic E-state index is -1.16. The molecule has 4 rings (SSSR count). The van der Waals surface area contributed by atoms with Crippen molar-refractivity contribution in [3.05, 3.63) is 76.1 Å². The van der Waals surface area contributed by atoms with Crippen molar-refractivity contribution in [1.82, 2.24) is 10.6 Å². The fourth-order valence-corrected chi connectivity index (χ4v) is 4.76. The molecule has 0 bridgehead atoms. The van der Waals surface area contributed by atoms with E-state index in [1.807, 2.05) is 0 Å². The van der Waals surface area contributed by atoms with E-state index >= 15 is 0 Å². The van der Waals surface area contributed by atoms with Crippen molar-refractivity contribution < 1.29 is 23.2 Å². The van der Waals surface area contributed by atoms with Gasteiger partial charge >= 0.3 is 0 Å². The number of thiophene rings is 1. The Morgan fingerprint density at radius 2 is 1.94 bits per heavy atom. The van der Waals surface area contributed by atoms with E-state index in [1.54, 1.807) is 42.6 Å². The van der Waals surface area contributed by atoms with Gasteiger partial charge in [0.05, 0.1) is 11.4 Å². The summed E-state index contributed by atoms with van der Waals surface area (Å²) in [4.78, 5) is 41.0. The molecule has 1 aliphatic rings. The molecule has 3 amide bonds. The van der Waals surface area contributed by atoms with E-state index in [0.29, 0.717) is 10.6 Å². The van der Waals surface area contributed by atoms with Gasteiger partial charge in [0.15, 0.2) is 6.04 Å². The lowest BCUT2D eigenvalue weighted by Crippen LogP contribution is -2.49. The third-order valence-corrected chi connectivity index (χ3v) is 6.61. The third-order valence-electron chi connectivity index (χ3n) is 5.74. The maximum absolute atomic E-state index is 14.2. The van der Waals surface area contributed by atoms with Crippen LogP contribution in [-0.4, -0.2) is 30.3 Å². The molecule has 1 saturated carbocycles. The molecule has 0 radical (unpaired) electrons. The summed E-state index contributed by atoms with van der Waals surface area (Å²) in [6.07, 6.45) is 3.77. The largest absolute Gasteiger partial charge is 0.464 e. The highest BCUT2D eigenvalue weighted by Gasteiger charge is 2.36. The zero-order valence-corrected chi connectivity index (χ0v) is 19.6. The van der Waals surface area contributed by atoms with Gasteiger partial charge in [-0.3, -0.25) is 19.3 Å². The second-order valence-corrected chi connectivity index (χ2v) is 9.19. The van der Waals surface area contributed by atoms with Crippen molar-refractivity contribution in [3.8, 4) is 0 Å². The number of halogens is 1. The second kappa shape index (κ2) is 10.6. The maximum Gasteiger partial charge on any atom is 0.261 e. The number of carbonyl (C=O) groups excluding carboxylic acids is 3. The van der Waals surface area contributed by atoms with Gasteiger partial charge < -0.3 is 15.1 Å². The Labute approximate surface area is 200 Å². The molecule has 0 unspecified atom stereocenters. The number of nitrogens with one attached hydrogen (secondary N) is 2. The van der Waals surface area contributed by atoms with Gasteiger partial charge in [-0.05, 0) is 61.5 Å². The molecule has 178 valence electrons. The Kier molecular flexibility index (Phi) is 7.42. The van der Waals surface area contributed by atoms with Crippen LogP contribution in [0.1, 0.15) is 52.9 Å². The molecule has 1 atom stereocenters. The first-order chi connectivity index (χ1) is 16.4. The topological polar surface area (TPSA) is 91.7 Å². The first-order valence-corrected chi connectivity index (χ1v) is 12.1. The van der Waals surface area contributed by atoms with Crippen LogP contribution in [-0.2, 0) is 9.59 Å². The molecule has 1 aromatic carbocycles. The second-order valence-electron chi connectivity index (χ2n) is 8.24. The third kappa shape index (κ3) is 5.53. The zero-order chi connectivity index (χ0) is 24.1. The number of benzene rings is 1. The summed E-state index contributed by atoms with van der Waals surface area (Å²) in [6, 6.07) is 11.0. The lowest BCUT2D eigenvalue weighted by Gasteiger charge is -2.31. The van der Waals surface area contributed by atoms with E-state index < -0.39 is 29.6 Å². The number of nitrogens with zero attached hydrogens (tertiary/aromatic N) is 1. The van der Waals surface area contributed by atoms with Gasteiger partial charge in [0.25, 0.3) is 11.8 Å². The number of carbonyl (C=O) groups is 3. The number of aryl methyl sites for hydroxylation is 1. The molecule has 0 saturated heterocycles. The smallest absolute Gasteiger partial charge is 0.261 e. The molecular formula is C25H26FN3O4S. The number of hydrogen-bond donors (Lipinski definition) is 2. The fraction of sp³-hybridized carbons (Fsp3) is 0.320. The average molecular weight is 484 g/mol. The minimum absolute atomic E-state index is 0.00838. The lowest BCUT2D eigenvalue weighted by atomic mass is 10.1. The van der Waals surface area contributed by atoms with Gasteiger partial charge in [0.2, 0.25) is 5.91 Å². The van der Waals surface area contributed by atoms with Crippen LogP contribution in [0.15, 0.2) is 58.3 Å². The summed E-state index contributed by atoms with van der Waals surface area (Å²) in [5.41, 5.74) is 0.191. The van der Waals surface area contributed by atoms with E-state index in [1.165, 1.54) is 34.4 Å². The molecule has 34 heavy (non-hydrogen) atoms. The normalized spacial score (nSPS) is 14.5. The van der Waals surface area contributed by atoms with Crippen LogP contribution in [0.2, 0.25) is 0 Å². The number of amides is 3. The van der Waals surface area contributed by atoms with Gasteiger partial charge in [-0.25, -0.2) is 4.39 Å². The number of hydrogen-bond acceptors (Lipinski definition) is 5. The van der Waals surface area contributed by atoms with Crippen molar-refractivity contribution in [3.63, 3.8) is 0 Å². The van der Waals surface area contributed by atoms with Gasteiger partial charge in [-0.2, -0.15) is 0 Å². The van der Waals surface area contributed by atoms with Crippen molar-refractivity contribution in [2.45, 2.75) is 44.7 Å². The van der Waals surface area contributed by atoms with Crippen LogP contribution in [0.4, 0.5) is 10.1 Å². The molecule has 1 aliphatic carbocycles. The van der Waals surface area contributed by atoms with Crippen LogP contribution in [0, 0.1) is 12.7 Å². The minimum Gasteiger partial charge on any atom is -0.464 e. The molecule has 2 aromatic heterocycles. The van der Waals surface area contributed by atoms with Crippen LogP contribution in [0.3, 0.4) is 0 Å². The zero-order valence-electron chi connectivity index (χ0n) is 18.8. The van der Waals surface area contributed by atoms with E-state index in [9.17, 15) is 18.8 Å². The van der Waals surface area contributed by atoms with Crippen LogP contribution >= 0.6 is 11.3 Å². The van der Waals surface area contributed by atoms with Gasteiger partial charge in [-0.15, -0.1) is 11.3 Å². The molecule has 9 heteroatoms. The lowest BCUT2D eigenvalue weighted by molar-refractivity contribution is -0.127. The highest BCUT2D eigenvalue weighted by atomic mass is 32.1. The van der Waals surface area contributed by atoms with Gasteiger partial charge in [0, 0.05) is 11.7 Å². The summed E-state index contributed by atoms with van der Waals surface area (Å²) in [5, 5.41) is 7.38. The summed E-state index contributed by atoms with van der Waals surface area (Å²) in [5.74, 6) is -1.10. The number of furan rings is 1. The number of rotatable bonds is 8. The SMILES string of the molecule is Cc1ccc([C@@H](C(=O)NC2CCCC2)N(C(=O)CNC(=O)c2cccs2)c2cccc(F)c2)o1. The Bertz CT molecular complexity index is 1150. The molecule has 1 fully saturated rings. The predicted octanol–water partition coefficient (Wildman–Crippen LogP) is 4.35. The first-order valence-electron chi connectivity index (χ1n) is 11.2. The van der Waals surface area contributed by atoms with Crippen LogP contribution in [0.5, 0.6) is 0 Å². The van der Waals surface area contributed by atoms with E-state index in [-0.39, 0.29) is 24.0 Å². The van der Waals surface area contributed by atoms with Crippen LogP contribution < -0.4 is 15.5 Å². The van der Waals surface area contributed by atoms with Crippen molar-refractivity contribution in [2.24, 2.45) is 0 Å². The predicted molar refractivity (Wildman–Crippen MR) is 127 cm³/mol. The quantitative estimate of drug-likeness (QED) is 0.498. The van der Waals surface area contributed by atoms with Crippen molar-refractivity contribution in [1.29, 1.82) is 0 Å². The summed E-state index contributed by atoms with van der Waals surface area (Å²) >= 11 is 1.25. The summed E-state index contributed by atoms with van der Waals surface area (Å²) < 4.78 is 19.9. The molecular weight excluding hydrogens is 457 g/mol. The van der Waals surface area contributed by atoms with E-state index in [0.717, 1.165) is 25.7 Å². The van der Waals surface area contributed by atoms with Crippen molar-refractivity contribution >= 4 is 34.7 Å². The maximum atomic E-state index is 14.2. The standard InChI is InChI=1S/C25H26FN3O4S/c1-16-11-12-20(33-16)23(25(32)28-18-7-2-3-8-18)29(19-9-4-6-17(26)14-19)22(30)15-27-24(31)21-10-5-13-34-21/h4-6,9-14,18,23H,2-3,7-8,15H2,1H3,(H,27,31)(H,28,32)/t23-/m0/s1. The summed E-state index contributed by atoms with van der Waals surface area (Å²) in [6.45, 7) is 1.37. The van der Waals surface area contributed by atoms with Gasteiger partial charge in [-0.1, -0.05) is 25.0 Å². The highest BCUT2D eigenvalue weighted by Crippen LogP contribution is 2.30. The Balaban J connectivity index is 1.66. The van der Waals surface area contributed by atoms with E-state index in [2.05, 4.69) is 10.6 Å². The van der Waals surface area contributed by atoms with Gasteiger partial charge in [0.1, 0.15) is 17.3 Å². The Morgan fingerprint density at radius 3 is 2.59 bits per heavy atom. The Morgan fingerprint density at radius 1 is 1.15 bits per heavy atom. The molecule has 3 aromatic rings. The molecule has 7 nitrogen and oxygen atoms in total. The molecule has 2 N–H and O–H groups in total. The Hall–Kier alpha value is -3.46. The molecule has 0 spiro atoms. The fourth-order valence-electron chi connectivity index (χ4n) is 4.12.